The lowest BCUT2D eigenvalue weighted by atomic mass is 9.99. The fourth-order valence-corrected chi connectivity index (χ4v) is 2.68. The standard InChI is InChI=1S/C14H13Cl2FN2O/c1-7(2)8-4-9(11(17)5-10(8)15)14-13(16)12(6-20)19(3)18-14/h4-7H,1-3H3. The van der Waals surface area contributed by atoms with E-state index in [1.807, 2.05) is 13.8 Å². The van der Waals surface area contributed by atoms with E-state index < -0.39 is 5.82 Å². The molecule has 6 heteroatoms. The third-order valence-corrected chi connectivity index (χ3v) is 3.81. The van der Waals surface area contributed by atoms with Gasteiger partial charge >= 0.3 is 0 Å². The summed E-state index contributed by atoms with van der Waals surface area (Å²) < 4.78 is 15.5. The minimum Gasteiger partial charge on any atom is -0.296 e. The predicted octanol–water partition coefficient (Wildman–Crippen LogP) is 4.47. The summed E-state index contributed by atoms with van der Waals surface area (Å²) in [6.45, 7) is 3.92. The molecule has 2 rings (SSSR count). The van der Waals surface area contributed by atoms with E-state index in [1.165, 1.54) is 10.7 Å². The van der Waals surface area contributed by atoms with Gasteiger partial charge in [-0.1, -0.05) is 37.0 Å². The highest BCUT2D eigenvalue weighted by molar-refractivity contribution is 6.35. The first kappa shape index (κ1) is 15.0. The summed E-state index contributed by atoms with van der Waals surface area (Å²) in [7, 11) is 1.58. The molecule has 0 atom stereocenters. The highest BCUT2D eigenvalue weighted by Crippen LogP contribution is 2.35. The Bertz CT molecular complexity index is 680. The Kier molecular flexibility index (Phi) is 4.16. The number of nitrogens with zero attached hydrogens (tertiary/aromatic N) is 2. The Labute approximate surface area is 126 Å². The Morgan fingerprint density at radius 2 is 2.00 bits per heavy atom. The van der Waals surface area contributed by atoms with Crippen LogP contribution in [-0.4, -0.2) is 16.1 Å². The van der Waals surface area contributed by atoms with Crippen molar-refractivity contribution in [3.63, 3.8) is 0 Å². The summed E-state index contributed by atoms with van der Waals surface area (Å²) in [4.78, 5) is 10.9. The molecule has 0 N–H and O–H groups in total. The van der Waals surface area contributed by atoms with Gasteiger partial charge in [-0.3, -0.25) is 9.48 Å². The van der Waals surface area contributed by atoms with Crippen LogP contribution in [0.15, 0.2) is 12.1 Å². The highest BCUT2D eigenvalue weighted by atomic mass is 35.5. The maximum atomic E-state index is 14.1. The Balaban J connectivity index is 2.70. The molecule has 0 saturated heterocycles. The second kappa shape index (κ2) is 5.54. The van der Waals surface area contributed by atoms with E-state index in [-0.39, 0.29) is 27.9 Å². The number of aromatic nitrogens is 2. The lowest BCUT2D eigenvalue weighted by molar-refractivity contribution is 0.111. The SMILES string of the molecule is CC(C)c1cc(-c2nn(C)c(C=O)c2Cl)c(F)cc1Cl. The molecule has 0 aliphatic rings. The van der Waals surface area contributed by atoms with Gasteiger partial charge in [0.1, 0.15) is 17.2 Å². The topological polar surface area (TPSA) is 34.9 Å². The first-order chi connectivity index (χ1) is 9.36. The summed E-state index contributed by atoms with van der Waals surface area (Å²) in [5.41, 5.74) is 1.50. The van der Waals surface area contributed by atoms with E-state index in [9.17, 15) is 9.18 Å². The van der Waals surface area contributed by atoms with Gasteiger partial charge in [-0.15, -0.1) is 0 Å². The summed E-state index contributed by atoms with van der Waals surface area (Å²) in [5.74, 6) is -0.383. The molecule has 0 fully saturated rings. The van der Waals surface area contributed by atoms with E-state index in [4.69, 9.17) is 23.2 Å². The molecule has 0 saturated carbocycles. The molecule has 0 amide bonds. The average molecular weight is 315 g/mol. The monoisotopic (exact) mass is 314 g/mol. The lowest BCUT2D eigenvalue weighted by Gasteiger charge is -2.11. The van der Waals surface area contributed by atoms with Gasteiger partial charge in [0.2, 0.25) is 0 Å². The molecule has 0 bridgehead atoms. The highest BCUT2D eigenvalue weighted by Gasteiger charge is 2.20. The number of hydrogen-bond donors (Lipinski definition) is 0. The minimum absolute atomic E-state index is 0.134. The zero-order chi connectivity index (χ0) is 15.0. The minimum atomic E-state index is -0.517. The number of benzene rings is 1. The predicted molar refractivity (Wildman–Crippen MR) is 78.1 cm³/mol. The van der Waals surface area contributed by atoms with E-state index in [0.717, 1.165) is 5.56 Å². The van der Waals surface area contributed by atoms with Crippen molar-refractivity contribution in [2.24, 2.45) is 7.05 Å². The number of hydrogen-bond acceptors (Lipinski definition) is 2. The molecule has 1 aromatic carbocycles. The van der Waals surface area contributed by atoms with Crippen molar-refractivity contribution < 1.29 is 9.18 Å². The first-order valence-electron chi connectivity index (χ1n) is 6.03. The summed E-state index contributed by atoms with van der Waals surface area (Å²) in [6.07, 6.45) is 0.593. The number of carbonyl (C=O) groups excluding carboxylic acids is 1. The fourth-order valence-electron chi connectivity index (χ4n) is 2.00. The third-order valence-electron chi connectivity index (χ3n) is 3.11. The van der Waals surface area contributed by atoms with Gasteiger partial charge < -0.3 is 0 Å². The number of halogens is 3. The van der Waals surface area contributed by atoms with Crippen LogP contribution in [0.2, 0.25) is 10.0 Å². The van der Waals surface area contributed by atoms with Gasteiger partial charge in [0.15, 0.2) is 6.29 Å². The summed E-state index contributed by atoms with van der Waals surface area (Å²) in [6, 6.07) is 2.88. The van der Waals surface area contributed by atoms with Gasteiger partial charge in [0.25, 0.3) is 0 Å². The van der Waals surface area contributed by atoms with Gasteiger partial charge in [0, 0.05) is 17.6 Å². The van der Waals surface area contributed by atoms with Crippen molar-refractivity contribution in [2.45, 2.75) is 19.8 Å². The molecule has 106 valence electrons. The quantitative estimate of drug-likeness (QED) is 0.783. The van der Waals surface area contributed by atoms with Crippen LogP contribution < -0.4 is 0 Å². The van der Waals surface area contributed by atoms with Crippen LogP contribution in [0, 0.1) is 5.82 Å². The largest absolute Gasteiger partial charge is 0.296 e. The van der Waals surface area contributed by atoms with Gasteiger partial charge in [0.05, 0.1) is 5.02 Å². The molecule has 0 radical (unpaired) electrons. The van der Waals surface area contributed by atoms with Crippen LogP contribution >= 0.6 is 23.2 Å². The molecule has 20 heavy (non-hydrogen) atoms. The Morgan fingerprint density at radius 1 is 1.35 bits per heavy atom. The number of rotatable bonds is 3. The zero-order valence-corrected chi connectivity index (χ0v) is 12.8. The van der Waals surface area contributed by atoms with Crippen molar-refractivity contribution in [1.82, 2.24) is 9.78 Å². The van der Waals surface area contributed by atoms with E-state index in [1.54, 1.807) is 13.1 Å². The molecule has 0 spiro atoms. The van der Waals surface area contributed by atoms with Crippen LogP contribution in [0.5, 0.6) is 0 Å². The summed E-state index contributed by atoms with van der Waals surface area (Å²) in [5, 5.41) is 4.61. The van der Waals surface area contributed by atoms with Crippen LogP contribution in [0.1, 0.15) is 35.8 Å². The van der Waals surface area contributed by atoms with Gasteiger partial charge in [-0.05, 0) is 23.6 Å². The maximum absolute atomic E-state index is 14.1. The third kappa shape index (κ3) is 2.45. The van der Waals surface area contributed by atoms with Crippen molar-refractivity contribution in [3.05, 3.63) is 39.3 Å². The normalized spacial score (nSPS) is 11.2. The molecular formula is C14H13Cl2FN2O. The number of carbonyl (C=O) groups is 1. The van der Waals surface area contributed by atoms with Gasteiger partial charge in [-0.25, -0.2) is 4.39 Å². The van der Waals surface area contributed by atoms with E-state index in [0.29, 0.717) is 11.3 Å². The average Bonchev–Trinajstić information content (AvgIpc) is 2.64. The Hall–Kier alpha value is -1.39. The number of aldehydes is 1. The van der Waals surface area contributed by atoms with Crippen molar-refractivity contribution in [3.8, 4) is 11.3 Å². The maximum Gasteiger partial charge on any atom is 0.169 e. The zero-order valence-electron chi connectivity index (χ0n) is 11.2. The van der Waals surface area contributed by atoms with Crippen LogP contribution in [0.25, 0.3) is 11.3 Å². The molecule has 2 aromatic rings. The van der Waals surface area contributed by atoms with Crippen LogP contribution in [-0.2, 0) is 7.05 Å². The second-order valence-electron chi connectivity index (χ2n) is 4.80. The fraction of sp³-hybridized carbons (Fsp3) is 0.286. The Morgan fingerprint density at radius 3 is 2.50 bits per heavy atom. The van der Waals surface area contributed by atoms with Crippen LogP contribution in [0.3, 0.4) is 0 Å². The molecule has 3 nitrogen and oxygen atoms in total. The summed E-state index contributed by atoms with van der Waals surface area (Å²) >= 11 is 12.1. The van der Waals surface area contributed by atoms with Crippen molar-refractivity contribution in [1.29, 1.82) is 0 Å². The van der Waals surface area contributed by atoms with Crippen molar-refractivity contribution >= 4 is 29.5 Å². The van der Waals surface area contributed by atoms with E-state index in [2.05, 4.69) is 5.10 Å². The van der Waals surface area contributed by atoms with Crippen molar-refractivity contribution in [2.75, 3.05) is 0 Å². The molecular weight excluding hydrogens is 302 g/mol. The van der Waals surface area contributed by atoms with Crippen LogP contribution in [0.4, 0.5) is 4.39 Å². The lowest BCUT2D eigenvalue weighted by Crippen LogP contribution is -1.97. The smallest absolute Gasteiger partial charge is 0.169 e. The first-order valence-corrected chi connectivity index (χ1v) is 6.79. The van der Waals surface area contributed by atoms with Gasteiger partial charge in [-0.2, -0.15) is 5.10 Å². The molecule has 0 aliphatic carbocycles. The molecule has 1 aromatic heterocycles. The molecule has 0 aliphatic heterocycles. The number of aryl methyl sites for hydroxylation is 1. The molecule has 0 unspecified atom stereocenters. The molecule has 1 heterocycles. The van der Waals surface area contributed by atoms with E-state index >= 15 is 0 Å². The second-order valence-corrected chi connectivity index (χ2v) is 5.58.